The summed E-state index contributed by atoms with van der Waals surface area (Å²) in [5.41, 5.74) is 0. The Bertz CT molecular complexity index is 162. The van der Waals surface area contributed by atoms with Gasteiger partial charge in [0.25, 0.3) is 0 Å². The van der Waals surface area contributed by atoms with E-state index in [-0.39, 0.29) is 0 Å². The fourth-order valence-electron chi connectivity index (χ4n) is 1.22. The van der Waals surface area contributed by atoms with E-state index in [1.807, 2.05) is 13.8 Å². The Balaban J connectivity index is -0.000000234. The third-order valence-electron chi connectivity index (χ3n) is 2.43. The number of aliphatic hydroxyl groups excluding tert-OH is 3. The average molecular weight is 312 g/mol. The van der Waals surface area contributed by atoms with Crippen LogP contribution in [0.4, 0.5) is 0 Å². The molecule has 6 N–H and O–H groups in total. The van der Waals surface area contributed by atoms with E-state index in [0.717, 1.165) is 38.5 Å². The molecule has 0 aliphatic carbocycles. The summed E-state index contributed by atoms with van der Waals surface area (Å²) >= 11 is 0. The van der Waals surface area contributed by atoms with Crippen molar-refractivity contribution in [1.29, 1.82) is 0 Å². The van der Waals surface area contributed by atoms with Gasteiger partial charge in [0, 0.05) is 0 Å². The minimum absolute atomic E-state index is 0.486. The van der Waals surface area contributed by atoms with E-state index in [2.05, 4.69) is 6.92 Å². The molecule has 0 rings (SSSR count). The van der Waals surface area contributed by atoms with Crippen LogP contribution in [0.2, 0.25) is 0 Å². The molecule has 0 aliphatic rings. The van der Waals surface area contributed by atoms with Gasteiger partial charge in [-0.2, -0.15) is 0 Å². The zero-order valence-electron chi connectivity index (χ0n) is 13.8. The van der Waals surface area contributed by atoms with E-state index in [9.17, 15) is 0 Å². The Kier molecular flexibility index (Phi) is 27.0. The number of aliphatic hydroxyl groups is 6. The van der Waals surface area contributed by atoms with Crippen LogP contribution in [0.3, 0.4) is 0 Å². The highest BCUT2D eigenvalue weighted by Crippen LogP contribution is 2.00. The van der Waals surface area contributed by atoms with Crippen LogP contribution in [0.5, 0.6) is 0 Å². The van der Waals surface area contributed by atoms with Gasteiger partial charge in [-0.05, 0) is 32.1 Å². The predicted molar refractivity (Wildman–Crippen MR) is 83.3 cm³/mol. The molecule has 0 aromatic heterocycles. The molecule has 0 saturated heterocycles. The van der Waals surface area contributed by atoms with Crippen molar-refractivity contribution in [1.82, 2.24) is 0 Å². The second kappa shape index (κ2) is 22.0. The molecular weight excluding hydrogens is 276 g/mol. The van der Waals surface area contributed by atoms with Crippen molar-refractivity contribution in [2.45, 2.75) is 97.4 Å². The number of hydrogen-bond acceptors (Lipinski definition) is 6. The maximum atomic E-state index is 8.33. The molecule has 0 aromatic carbocycles. The molecule has 0 amide bonds. The molecule has 0 atom stereocenters. The molecule has 0 saturated carbocycles. The molecule has 0 spiro atoms. The Morgan fingerprint density at radius 2 is 0.857 bits per heavy atom. The lowest BCUT2D eigenvalue weighted by molar-refractivity contribution is -0.0471. The van der Waals surface area contributed by atoms with Crippen LogP contribution in [0, 0.1) is 0 Å². The zero-order valence-corrected chi connectivity index (χ0v) is 13.8. The fraction of sp³-hybridized carbons (Fsp3) is 1.00. The SMILES string of the molecule is CCCC(O)O.CCCCC(O)O.CCCCCC(O)O. The van der Waals surface area contributed by atoms with Gasteiger partial charge < -0.3 is 30.6 Å². The van der Waals surface area contributed by atoms with Gasteiger partial charge in [0.1, 0.15) is 0 Å². The molecule has 6 heteroatoms. The van der Waals surface area contributed by atoms with Crippen LogP contribution < -0.4 is 0 Å². The summed E-state index contributed by atoms with van der Waals surface area (Å²) in [6, 6.07) is 0. The second-order valence-electron chi connectivity index (χ2n) is 4.87. The molecule has 0 radical (unpaired) electrons. The maximum absolute atomic E-state index is 8.33. The lowest BCUT2D eigenvalue weighted by Crippen LogP contribution is -2.02. The van der Waals surface area contributed by atoms with Gasteiger partial charge >= 0.3 is 0 Å². The highest BCUT2D eigenvalue weighted by Gasteiger charge is 1.93. The first-order chi connectivity index (χ1) is 9.81. The molecule has 21 heavy (non-hydrogen) atoms. The van der Waals surface area contributed by atoms with Crippen molar-refractivity contribution >= 4 is 0 Å². The van der Waals surface area contributed by atoms with Crippen molar-refractivity contribution in [3.63, 3.8) is 0 Å². The molecule has 0 fully saturated rings. The minimum Gasteiger partial charge on any atom is -0.368 e. The van der Waals surface area contributed by atoms with Crippen molar-refractivity contribution < 1.29 is 30.6 Å². The quantitative estimate of drug-likeness (QED) is 0.283. The minimum atomic E-state index is -1.10. The van der Waals surface area contributed by atoms with Crippen LogP contribution in [-0.2, 0) is 0 Å². The molecule has 0 bridgehead atoms. The first kappa shape index (κ1) is 25.7. The van der Waals surface area contributed by atoms with Crippen molar-refractivity contribution in [2.75, 3.05) is 0 Å². The van der Waals surface area contributed by atoms with E-state index in [4.69, 9.17) is 30.6 Å². The molecule has 0 aromatic rings. The summed E-state index contributed by atoms with van der Waals surface area (Å²) in [6.07, 6.45) is 4.13. The summed E-state index contributed by atoms with van der Waals surface area (Å²) in [5, 5.41) is 49.4. The van der Waals surface area contributed by atoms with Crippen LogP contribution in [0.15, 0.2) is 0 Å². The average Bonchev–Trinajstić information content (AvgIpc) is 2.37. The second-order valence-corrected chi connectivity index (χ2v) is 4.87. The lowest BCUT2D eigenvalue weighted by Gasteiger charge is -1.99. The molecule has 6 nitrogen and oxygen atoms in total. The first-order valence-electron chi connectivity index (χ1n) is 7.90. The molecule has 0 aliphatic heterocycles. The third-order valence-corrected chi connectivity index (χ3v) is 2.43. The number of rotatable bonds is 9. The largest absolute Gasteiger partial charge is 0.368 e. The van der Waals surface area contributed by atoms with Crippen molar-refractivity contribution in [3.8, 4) is 0 Å². The Morgan fingerprint density at radius 3 is 1.05 bits per heavy atom. The summed E-state index contributed by atoms with van der Waals surface area (Å²) in [6.45, 7) is 6.01. The van der Waals surface area contributed by atoms with Gasteiger partial charge in [-0.15, -0.1) is 0 Å². The number of hydrogen-bond donors (Lipinski definition) is 6. The van der Waals surface area contributed by atoms with Gasteiger partial charge in [0.15, 0.2) is 18.9 Å². The van der Waals surface area contributed by atoms with Gasteiger partial charge in [-0.3, -0.25) is 0 Å². The Labute approximate surface area is 129 Å². The first-order valence-corrected chi connectivity index (χ1v) is 7.90. The van der Waals surface area contributed by atoms with Gasteiger partial charge in [-0.25, -0.2) is 0 Å². The van der Waals surface area contributed by atoms with Crippen LogP contribution >= 0.6 is 0 Å². The zero-order chi connectivity index (χ0) is 17.1. The lowest BCUT2D eigenvalue weighted by atomic mass is 10.2. The van der Waals surface area contributed by atoms with E-state index in [0.29, 0.717) is 19.3 Å². The monoisotopic (exact) mass is 312 g/mol. The molecule has 0 unspecified atom stereocenters. The van der Waals surface area contributed by atoms with Crippen LogP contribution in [-0.4, -0.2) is 49.5 Å². The normalized spacial score (nSPS) is 10.3. The molecule has 132 valence electrons. The van der Waals surface area contributed by atoms with Crippen LogP contribution in [0.1, 0.15) is 78.6 Å². The predicted octanol–water partition coefficient (Wildman–Crippen LogP) is 1.46. The maximum Gasteiger partial charge on any atom is 0.151 e. The van der Waals surface area contributed by atoms with E-state index in [1.54, 1.807) is 0 Å². The number of unbranched alkanes of at least 4 members (excludes halogenated alkanes) is 3. The van der Waals surface area contributed by atoms with E-state index in [1.165, 1.54) is 0 Å². The standard InChI is InChI=1S/C6H14O2.C5H12O2.C4H10O2/c1-2-3-4-5-6(7)8;1-2-3-4-5(6)7;1-2-3-4(5)6/h6-8H,2-5H2,1H3;5-7H,2-4H2,1H3;4-6H,2-3H2,1H3. The van der Waals surface area contributed by atoms with E-state index < -0.39 is 18.9 Å². The van der Waals surface area contributed by atoms with Gasteiger partial charge in [-0.1, -0.05) is 46.5 Å². The Hall–Kier alpha value is -0.240. The summed E-state index contributed by atoms with van der Waals surface area (Å²) in [5.74, 6) is 0. The van der Waals surface area contributed by atoms with Gasteiger partial charge in [0.2, 0.25) is 0 Å². The summed E-state index contributed by atoms with van der Waals surface area (Å²) < 4.78 is 0. The summed E-state index contributed by atoms with van der Waals surface area (Å²) in [4.78, 5) is 0. The van der Waals surface area contributed by atoms with Gasteiger partial charge in [0.05, 0.1) is 0 Å². The topological polar surface area (TPSA) is 121 Å². The smallest absolute Gasteiger partial charge is 0.151 e. The van der Waals surface area contributed by atoms with Crippen molar-refractivity contribution in [3.05, 3.63) is 0 Å². The summed E-state index contributed by atoms with van der Waals surface area (Å²) in [7, 11) is 0. The fourth-order valence-corrected chi connectivity index (χ4v) is 1.22. The Morgan fingerprint density at radius 1 is 0.476 bits per heavy atom. The van der Waals surface area contributed by atoms with Crippen molar-refractivity contribution in [2.24, 2.45) is 0 Å². The molecule has 0 heterocycles. The third kappa shape index (κ3) is 45.1. The van der Waals surface area contributed by atoms with Crippen LogP contribution in [0.25, 0.3) is 0 Å². The van der Waals surface area contributed by atoms with E-state index >= 15 is 0 Å². The highest BCUT2D eigenvalue weighted by molar-refractivity contribution is 4.40. The molecular formula is C15H36O6. The highest BCUT2D eigenvalue weighted by atomic mass is 16.5.